The zero-order valence-corrected chi connectivity index (χ0v) is 19.4. The highest BCUT2D eigenvalue weighted by molar-refractivity contribution is 7.89. The number of sulfonamides is 1. The Labute approximate surface area is 195 Å². The lowest BCUT2D eigenvalue weighted by Crippen LogP contribution is -2.35. The van der Waals surface area contributed by atoms with Crippen molar-refractivity contribution in [2.75, 3.05) is 11.9 Å². The SMILES string of the molecule is Cc1nc(-c2cccc(NC(=O)c3cccc(S(=O)(=O)N4CCc5sccc5C4)c3)c2)n[nH]1. The lowest BCUT2D eigenvalue weighted by molar-refractivity contribution is 0.102. The number of anilines is 1. The van der Waals surface area contributed by atoms with Crippen LogP contribution in [-0.2, 0) is 23.0 Å². The number of fused-ring (bicyclic) bond motifs is 1. The lowest BCUT2D eigenvalue weighted by atomic mass is 10.1. The van der Waals surface area contributed by atoms with Crippen molar-refractivity contribution in [1.82, 2.24) is 19.5 Å². The summed E-state index contributed by atoms with van der Waals surface area (Å²) in [5, 5.41) is 11.8. The van der Waals surface area contributed by atoms with Gasteiger partial charge in [0.25, 0.3) is 5.91 Å². The molecule has 0 unspecified atom stereocenters. The largest absolute Gasteiger partial charge is 0.322 e. The third kappa shape index (κ3) is 4.32. The Morgan fingerprint density at radius 3 is 2.82 bits per heavy atom. The summed E-state index contributed by atoms with van der Waals surface area (Å²) in [6.07, 6.45) is 0.702. The van der Waals surface area contributed by atoms with Crippen LogP contribution in [0.1, 0.15) is 26.6 Å². The number of aromatic nitrogens is 3. The Hall–Kier alpha value is -3.34. The van der Waals surface area contributed by atoms with Crippen molar-refractivity contribution in [1.29, 1.82) is 0 Å². The molecule has 33 heavy (non-hydrogen) atoms. The summed E-state index contributed by atoms with van der Waals surface area (Å²) in [5.74, 6) is 0.836. The highest BCUT2D eigenvalue weighted by Gasteiger charge is 2.29. The molecule has 0 bridgehead atoms. The van der Waals surface area contributed by atoms with Crippen LogP contribution < -0.4 is 5.32 Å². The first-order valence-electron chi connectivity index (χ1n) is 10.4. The van der Waals surface area contributed by atoms with Gasteiger partial charge in [0.05, 0.1) is 4.90 Å². The minimum absolute atomic E-state index is 0.110. The molecule has 4 aromatic rings. The van der Waals surface area contributed by atoms with E-state index in [1.807, 2.05) is 24.4 Å². The molecule has 0 saturated carbocycles. The topological polar surface area (TPSA) is 108 Å². The number of nitrogens with zero attached hydrogens (tertiary/aromatic N) is 3. The molecule has 2 aromatic heterocycles. The Bertz CT molecular complexity index is 1440. The number of aryl methyl sites for hydroxylation is 1. The van der Waals surface area contributed by atoms with Crippen LogP contribution in [-0.4, -0.2) is 40.4 Å². The summed E-state index contributed by atoms with van der Waals surface area (Å²) >= 11 is 1.66. The van der Waals surface area contributed by atoms with E-state index in [0.29, 0.717) is 36.8 Å². The van der Waals surface area contributed by atoms with Gasteiger partial charge in [0.1, 0.15) is 5.82 Å². The maximum absolute atomic E-state index is 13.2. The highest BCUT2D eigenvalue weighted by atomic mass is 32.2. The van der Waals surface area contributed by atoms with Crippen molar-refractivity contribution < 1.29 is 13.2 Å². The lowest BCUT2D eigenvalue weighted by Gasteiger charge is -2.26. The molecular weight excluding hydrogens is 458 g/mol. The third-order valence-corrected chi connectivity index (χ3v) is 8.35. The van der Waals surface area contributed by atoms with E-state index in [1.54, 1.807) is 41.7 Å². The molecule has 2 aromatic carbocycles. The summed E-state index contributed by atoms with van der Waals surface area (Å²) in [5.41, 5.74) is 2.63. The van der Waals surface area contributed by atoms with Crippen molar-refractivity contribution >= 4 is 33.0 Å². The molecule has 168 valence electrons. The molecule has 0 saturated heterocycles. The highest BCUT2D eigenvalue weighted by Crippen LogP contribution is 2.28. The number of aromatic amines is 1. The molecule has 0 fully saturated rings. The average molecular weight is 480 g/mol. The summed E-state index contributed by atoms with van der Waals surface area (Å²) in [6, 6.07) is 15.3. The van der Waals surface area contributed by atoms with E-state index >= 15 is 0 Å². The van der Waals surface area contributed by atoms with E-state index in [9.17, 15) is 13.2 Å². The smallest absolute Gasteiger partial charge is 0.255 e. The predicted octanol–water partition coefficient (Wildman–Crippen LogP) is 3.84. The molecule has 0 aliphatic carbocycles. The van der Waals surface area contributed by atoms with Gasteiger partial charge in [0.15, 0.2) is 5.82 Å². The Morgan fingerprint density at radius 2 is 2.00 bits per heavy atom. The van der Waals surface area contributed by atoms with Gasteiger partial charge in [-0.1, -0.05) is 18.2 Å². The number of hydrogen-bond donors (Lipinski definition) is 2. The number of benzene rings is 2. The molecule has 1 aliphatic heterocycles. The van der Waals surface area contributed by atoms with Crippen LogP contribution in [0.5, 0.6) is 0 Å². The van der Waals surface area contributed by atoms with Gasteiger partial charge < -0.3 is 5.32 Å². The van der Waals surface area contributed by atoms with Gasteiger partial charge in [-0.05, 0) is 60.7 Å². The van der Waals surface area contributed by atoms with E-state index in [4.69, 9.17) is 0 Å². The maximum atomic E-state index is 13.2. The first-order valence-corrected chi connectivity index (χ1v) is 12.7. The van der Waals surface area contributed by atoms with E-state index in [0.717, 1.165) is 11.1 Å². The average Bonchev–Trinajstić information content (AvgIpc) is 3.47. The number of hydrogen-bond acceptors (Lipinski definition) is 6. The van der Waals surface area contributed by atoms with Crippen LogP contribution in [0, 0.1) is 6.92 Å². The summed E-state index contributed by atoms with van der Waals surface area (Å²) in [7, 11) is -3.71. The fraction of sp³-hybridized carbons (Fsp3) is 0.174. The van der Waals surface area contributed by atoms with Crippen molar-refractivity contribution in [3.8, 4) is 11.4 Å². The van der Waals surface area contributed by atoms with Gasteiger partial charge in [-0.2, -0.15) is 9.40 Å². The van der Waals surface area contributed by atoms with Gasteiger partial charge in [-0.15, -0.1) is 11.3 Å². The first-order chi connectivity index (χ1) is 15.9. The number of amides is 1. The quantitative estimate of drug-likeness (QED) is 0.452. The summed E-state index contributed by atoms with van der Waals surface area (Å²) in [6.45, 7) is 2.59. The molecule has 0 atom stereocenters. The predicted molar refractivity (Wildman–Crippen MR) is 127 cm³/mol. The zero-order chi connectivity index (χ0) is 23.0. The fourth-order valence-electron chi connectivity index (χ4n) is 3.79. The van der Waals surface area contributed by atoms with Gasteiger partial charge in [-0.25, -0.2) is 13.4 Å². The molecule has 0 radical (unpaired) electrons. The molecule has 10 heteroatoms. The Balaban J connectivity index is 1.35. The number of rotatable bonds is 5. The van der Waals surface area contributed by atoms with Gasteiger partial charge in [0.2, 0.25) is 10.0 Å². The first kappa shape index (κ1) is 21.5. The van der Waals surface area contributed by atoms with Crippen LogP contribution >= 0.6 is 11.3 Å². The molecule has 3 heterocycles. The molecular formula is C23H21N5O3S2. The Kier molecular flexibility index (Phi) is 5.57. The summed E-state index contributed by atoms with van der Waals surface area (Å²) < 4.78 is 27.9. The second-order valence-electron chi connectivity index (χ2n) is 7.76. The van der Waals surface area contributed by atoms with E-state index in [1.165, 1.54) is 21.3 Å². The van der Waals surface area contributed by atoms with Crippen molar-refractivity contribution in [2.24, 2.45) is 0 Å². The normalized spacial score (nSPS) is 14.1. The third-order valence-electron chi connectivity index (χ3n) is 5.48. The molecule has 1 aliphatic rings. The van der Waals surface area contributed by atoms with E-state index < -0.39 is 15.9 Å². The van der Waals surface area contributed by atoms with E-state index in [2.05, 4.69) is 20.5 Å². The second kappa shape index (κ2) is 8.54. The maximum Gasteiger partial charge on any atom is 0.255 e. The van der Waals surface area contributed by atoms with Gasteiger partial charge in [-0.3, -0.25) is 9.89 Å². The number of nitrogens with one attached hydrogen (secondary N) is 2. The van der Waals surface area contributed by atoms with Crippen LogP contribution in [0.4, 0.5) is 5.69 Å². The van der Waals surface area contributed by atoms with Gasteiger partial charge in [0, 0.05) is 34.8 Å². The number of thiophene rings is 1. The number of carbonyl (C=O) groups is 1. The second-order valence-corrected chi connectivity index (χ2v) is 10.7. The van der Waals surface area contributed by atoms with Crippen LogP contribution in [0.3, 0.4) is 0 Å². The molecule has 1 amide bonds. The minimum Gasteiger partial charge on any atom is -0.322 e. The molecule has 5 rings (SSSR count). The number of carbonyl (C=O) groups excluding carboxylic acids is 1. The zero-order valence-electron chi connectivity index (χ0n) is 17.8. The molecule has 8 nitrogen and oxygen atoms in total. The minimum atomic E-state index is -3.71. The molecule has 0 spiro atoms. The number of H-pyrrole nitrogens is 1. The van der Waals surface area contributed by atoms with Crippen LogP contribution in [0.15, 0.2) is 64.9 Å². The standard InChI is InChI=1S/C23H21N5O3S2/c1-15-24-22(27-26-15)16-4-2-6-19(12-16)25-23(29)17-5-3-7-20(13-17)33(30,31)28-10-8-21-18(14-28)9-11-32-21/h2-7,9,11-13H,8,10,14H2,1H3,(H,25,29)(H,24,26,27). The summed E-state index contributed by atoms with van der Waals surface area (Å²) in [4.78, 5) is 18.5. The van der Waals surface area contributed by atoms with Crippen molar-refractivity contribution in [3.05, 3.63) is 81.8 Å². The van der Waals surface area contributed by atoms with E-state index in [-0.39, 0.29) is 10.5 Å². The van der Waals surface area contributed by atoms with Gasteiger partial charge >= 0.3 is 0 Å². The van der Waals surface area contributed by atoms with Crippen molar-refractivity contribution in [3.63, 3.8) is 0 Å². The fourth-order valence-corrected chi connectivity index (χ4v) is 6.14. The molecule has 2 N–H and O–H groups in total. The Morgan fingerprint density at radius 1 is 1.15 bits per heavy atom. The monoisotopic (exact) mass is 479 g/mol. The van der Waals surface area contributed by atoms with Crippen LogP contribution in [0.25, 0.3) is 11.4 Å². The van der Waals surface area contributed by atoms with Crippen molar-refractivity contribution in [2.45, 2.75) is 24.8 Å². The van der Waals surface area contributed by atoms with Crippen LogP contribution in [0.2, 0.25) is 0 Å².